The van der Waals surface area contributed by atoms with Crippen LogP contribution in [0.4, 0.5) is 0 Å². The molecule has 1 aliphatic rings. The zero-order valence-electron chi connectivity index (χ0n) is 19.3. The lowest BCUT2D eigenvalue weighted by atomic mass is 9.88. The number of fused-ring (bicyclic) bond motifs is 1. The number of hydrogen-bond acceptors (Lipinski definition) is 4. The molecule has 6 nitrogen and oxygen atoms in total. The van der Waals surface area contributed by atoms with Crippen molar-refractivity contribution >= 4 is 16.9 Å². The molecule has 1 aliphatic heterocycles. The van der Waals surface area contributed by atoms with Crippen molar-refractivity contribution in [3.63, 3.8) is 0 Å². The zero-order chi connectivity index (χ0) is 22.4. The van der Waals surface area contributed by atoms with Gasteiger partial charge in [0.2, 0.25) is 0 Å². The van der Waals surface area contributed by atoms with Crippen LogP contribution in [0.3, 0.4) is 0 Å². The first-order valence-corrected chi connectivity index (χ1v) is 11.4. The number of nitrogens with zero attached hydrogens (tertiary/aromatic N) is 2. The van der Waals surface area contributed by atoms with E-state index in [1.807, 2.05) is 32.3 Å². The third-order valence-electron chi connectivity index (χ3n) is 6.30. The number of furan rings is 1. The summed E-state index contributed by atoms with van der Waals surface area (Å²) in [6.45, 7) is 5.20. The van der Waals surface area contributed by atoms with Crippen LogP contribution in [0.25, 0.3) is 11.0 Å². The van der Waals surface area contributed by atoms with Crippen molar-refractivity contribution < 1.29 is 9.15 Å². The van der Waals surface area contributed by atoms with Crippen molar-refractivity contribution in [1.29, 1.82) is 0 Å². The van der Waals surface area contributed by atoms with Crippen LogP contribution >= 0.6 is 0 Å². The van der Waals surface area contributed by atoms with Crippen LogP contribution < -0.4 is 10.6 Å². The molecular weight excluding hydrogens is 400 g/mol. The fourth-order valence-electron chi connectivity index (χ4n) is 4.48. The van der Waals surface area contributed by atoms with E-state index in [1.165, 1.54) is 5.56 Å². The molecule has 6 heteroatoms. The Morgan fingerprint density at radius 1 is 1.09 bits per heavy atom. The third kappa shape index (κ3) is 5.31. The molecule has 0 aliphatic carbocycles. The Kier molecular flexibility index (Phi) is 7.12. The van der Waals surface area contributed by atoms with E-state index in [-0.39, 0.29) is 11.6 Å². The first kappa shape index (κ1) is 22.4. The quantitative estimate of drug-likeness (QED) is 0.428. The molecule has 170 valence electrons. The molecule has 4 rings (SSSR count). The maximum Gasteiger partial charge on any atom is 0.193 e. The molecule has 0 saturated carbocycles. The van der Waals surface area contributed by atoms with Gasteiger partial charge in [0.15, 0.2) is 5.96 Å². The highest BCUT2D eigenvalue weighted by molar-refractivity contribution is 5.80. The van der Waals surface area contributed by atoms with E-state index in [9.17, 15) is 0 Å². The minimum absolute atomic E-state index is 0.0519. The Balaban J connectivity index is 1.41. The summed E-state index contributed by atoms with van der Waals surface area (Å²) in [5, 5.41) is 8.63. The van der Waals surface area contributed by atoms with E-state index in [2.05, 4.69) is 69.9 Å². The van der Waals surface area contributed by atoms with Crippen LogP contribution in [0.1, 0.15) is 37.1 Å². The van der Waals surface area contributed by atoms with Crippen LogP contribution in [0, 0.1) is 0 Å². The molecule has 2 aromatic carbocycles. The number of hydrogen-bond donors (Lipinski definition) is 2. The molecule has 1 atom stereocenters. The SMILES string of the molecule is CN=C(NCC1(NC(C)c2ccccc2)CCOCC1)N(C)Cc1cc2ccccc2o1. The Labute approximate surface area is 190 Å². The highest BCUT2D eigenvalue weighted by atomic mass is 16.5. The Bertz CT molecular complexity index is 991. The molecule has 0 radical (unpaired) electrons. The van der Waals surface area contributed by atoms with Gasteiger partial charge in [0, 0.05) is 50.8 Å². The van der Waals surface area contributed by atoms with Crippen molar-refractivity contribution in [2.45, 2.75) is 37.9 Å². The number of guanidine groups is 1. The summed E-state index contributed by atoms with van der Waals surface area (Å²) in [6.07, 6.45) is 1.92. The molecule has 1 aromatic heterocycles. The van der Waals surface area contributed by atoms with Crippen LogP contribution in [0.2, 0.25) is 0 Å². The smallest absolute Gasteiger partial charge is 0.193 e. The summed E-state index contributed by atoms with van der Waals surface area (Å²) in [4.78, 5) is 6.62. The zero-order valence-corrected chi connectivity index (χ0v) is 19.3. The van der Waals surface area contributed by atoms with Crippen molar-refractivity contribution in [2.24, 2.45) is 4.99 Å². The van der Waals surface area contributed by atoms with Gasteiger partial charge in [-0.05, 0) is 37.5 Å². The van der Waals surface area contributed by atoms with Crippen LogP contribution in [-0.2, 0) is 11.3 Å². The standard InChI is InChI=1S/C26H34N4O2/c1-20(21-9-5-4-6-10-21)29-26(13-15-31-16-14-26)19-28-25(27-2)30(3)18-23-17-22-11-7-8-12-24(22)32-23/h4-12,17,20,29H,13-16,18-19H2,1-3H3,(H,27,28). The number of aliphatic imine (C=N–C) groups is 1. The number of benzene rings is 2. The molecule has 2 heterocycles. The van der Waals surface area contributed by atoms with Gasteiger partial charge in [-0.1, -0.05) is 48.5 Å². The molecule has 0 amide bonds. The topological polar surface area (TPSA) is 62.0 Å². The highest BCUT2D eigenvalue weighted by Crippen LogP contribution is 2.25. The molecule has 0 spiro atoms. The van der Waals surface area contributed by atoms with Gasteiger partial charge in [-0.15, -0.1) is 0 Å². The molecule has 3 aromatic rings. The maximum absolute atomic E-state index is 6.00. The van der Waals surface area contributed by atoms with E-state index < -0.39 is 0 Å². The van der Waals surface area contributed by atoms with Gasteiger partial charge in [0.05, 0.1) is 6.54 Å². The van der Waals surface area contributed by atoms with Gasteiger partial charge in [0.1, 0.15) is 11.3 Å². The summed E-state index contributed by atoms with van der Waals surface area (Å²) in [5.74, 6) is 1.78. The summed E-state index contributed by atoms with van der Waals surface area (Å²) < 4.78 is 11.7. The van der Waals surface area contributed by atoms with Crippen molar-refractivity contribution in [3.8, 4) is 0 Å². The second-order valence-corrected chi connectivity index (χ2v) is 8.68. The largest absolute Gasteiger partial charge is 0.459 e. The molecular formula is C26H34N4O2. The summed E-state index contributed by atoms with van der Waals surface area (Å²) in [5.41, 5.74) is 2.16. The number of nitrogens with one attached hydrogen (secondary N) is 2. The monoisotopic (exact) mass is 434 g/mol. The Morgan fingerprint density at radius 2 is 1.81 bits per heavy atom. The molecule has 2 N–H and O–H groups in total. The molecule has 1 fully saturated rings. The van der Waals surface area contributed by atoms with Crippen molar-refractivity contribution in [1.82, 2.24) is 15.5 Å². The fourth-order valence-corrected chi connectivity index (χ4v) is 4.48. The molecule has 1 saturated heterocycles. The lowest BCUT2D eigenvalue weighted by Crippen LogP contribution is -2.58. The van der Waals surface area contributed by atoms with Gasteiger partial charge >= 0.3 is 0 Å². The fraction of sp³-hybridized carbons (Fsp3) is 0.423. The van der Waals surface area contributed by atoms with Gasteiger partial charge in [-0.25, -0.2) is 0 Å². The predicted octanol–water partition coefficient (Wildman–Crippen LogP) is 4.34. The second-order valence-electron chi connectivity index (χ2n) is 8.68. The normalized spacial score (nSPS) is 17.3. The van der Waals surface area contributed by atoms with Crippen LogP contribution in [0.15, 0.2) is 70.1 Å². The average molecular weight is 435 g/mol. The van der Waals surface area contributed by atoms with Crippen LogP contribution in [0.5, 0.6) is 0 Å². The summed E-state index contributed by atoms with van der Waals surface area (Å²) >= 11 is 0. The lowest BCUT2D eigenvalue weighted by Gasteiger charge is -2.41. The summed E-state index contributed by atoms with van der Waals surface area (Å²) in [6, 6.07) is 21.1. The first-order chi connectivity index (χ1) is 15.6. The van der Waals surface area contributed by atoms with Gasteiger partial charge in [-0.2, -0.15) is 0 Å². The van der Waals surface area contributed by atoms with Gasteiger partial charge in [-0.3, -0.25) is 4.99 Å². The maximum atomic E-state index is 6.00. The van der Waals surface area contributed by atoms with Crippen molar-refractivity contribution in [2.75, 3.05) is 33.9 Å². The van der Waals surface area contributed by atoms with Gasteiger partial charge < -0.3 is 24.7 Å². The van der Waals surface area contributed by atoms with E-state index in [4.69, 9.17) is 9.15 Å². The Morgan fingerprint density at radius 3 is 2.53 bits per heavy atom. The number of para-hydroxylation sites is 1. The lowest BCUT2D eigenvalue weighted by molar-refractivity contribution is 0.0353. The van der Waals surface area contributed by atoms with Crippen LogP contribution in [-0.4, -0.2) is 50.3 Å². The van der Waals surface area contributed by atoms with E-state index >= 15 is 0 Å². The van der Waals surface area contributed by atoms with Crippen molar-refractivity contribution in [3.05, 3.63) is 72.0 Å². The Hall–Kier alpha value is -2.83. The number of rotatable bonds is 7. The van der Waals surface area contributed by atoms with E-state index in [0.717, 1.165) is 55.3 Å². The highest BCUT2D eigenvalue weighted by Gasteiger charge is 2.34. The molecule has 0 bridgehead atoms. The second kappa shape index (κ2) is 10.2. The summed E-state index contributed by atoms with van der Waals surface area (Å²) in [7, 11) is 3.87. The average Bonchev–Trinajstić information content (AvgIpc) is 3.23. The molecule has 1 unspecified atom stereocenters. The van der Waals surface area contributed by atoms with E-state index in [1.54, 1.807) is 0 Å². The minimum Gasteiger partial charge on any atom is -0.459 e. The van der Waals surface area contributed by atoms with E-state index in [0.29, 0.717) is 6.54 Å². The number of ether oxygens (including phenoxy) is 1. The minimum atomic E-state index is -0.0519. The first-order valence-electron chi connectivity index (χ1n) is 11.4. The van der Waals surface area contributed by atoms with Gasteiger partial charge in [0.25, 0.3) is 0 Å². The third-order valence-corrected chi connectivity index (χ3v) is 6.30. The molecule has 32 heavy (non-hydrogen) atoms. The predicted molar refractivity (Wildman–Crippen MR) is 130 cm³/mol.